The summed E-state index contributed by atoms with van der Waals surface area (Å²) in [6.45, 7) is 4.50. The predicted molar refractivity (Wildman–Crippen MR) is 132 cm³/mol. The van der Waals surface area contributed by atoms with Crippen molar-refractivity contribution in [3.8, 4) is 5.69 Å². The van der Waals surface area contributed by atoms with Crippen LogP contribution in [0.3, 0.4) is 0 Å². The van der Waals surface area contributed by atoms with Crippen LogP contribution in [0.5, 0.6) is 0 Å². The Labute approximate surface area is 209 Å². The predicted octanol–water partition coefficient (Wildman–Crippen LogP) is 3.84. The Kier molecular flexibility index (Phi) is 8.29. The second-order valence-electron chi connectivity index (χ2n) is 8.84. The molecule has 4 rings (SSSR count). The van der Waals surface area contributed by atoms with E-state index in [1.165, 1.54) is 6.07 Å². The number of hydrogen-bond acceptors (Lipinski definition) is 5. The van der Waals surface area contributed by atoms with Crippen molar-refractivity contribution in [3.05, 3.63) is 77.0 Å². The van der Waals surface area contributed by atoms with E-state index in [2.05, 4.69) is 20.6 Å². The number of carbonyl (C=O) groups is 1. The summed E-state index contributed by atoms with van der Waals surface area (Å²) in [6, 6.07) is 12.7. The molecule has 1 fully saturated rings. The van der Waals surface area contributed by atoms with E-state index in [0.29, 0.717) is 49.9 Å². The molecule has 2 amide bonds. The molecule has 0 spiro atoms. The zero-order valence-electron chi connectivity index (χ0n) is 20.6. The molecule has 0 bridgehead atoms. The van der Waals surface area contributed by atoms with Crippen LogP contribution in [0.25, 0.3) is 5.69 Å². The van der Waals surface area contributed by atoms with Crippen LogP contribution in [0.2, 0.25) is 0 Å². The summed E-state index contributed by atoms with van der Waals surface area (Å²) in [4.78, 5) is 15.4. The molecule has 1 saturated heterocycles. The van der Waals surface area contributed by atoms with Gasteiger partial charge in [0.1, 0.15) is 5.82 Å². The maximum Gasteiger partial charge on any atom is 0.320 e. The summed E-state index contributed by atoms with van der Waals surface area (Å²) in [7, 11) is 3.22. The lowest BCUT2D eigenvalue weighted by molar-refractivity contribution is 0.159. The first kappa shape index (κ1) is 25.7. The molecular formula is C26H31F2N5O3. The van der Waals surface area contributed by atoms with Crippen molar-refractivity contribution < 1.29 is 23.0 Å². The normalized spacial score (nSPS) is 17.9. The smallest absolute Gasteiger partial charge is 0.320 e. The van der Waals surface area contributed by atoms with Crippen molar-refractivity contribution in [2.75, 3.05) is 45.8 Å². The lowest BCUT2D eigenvalue weighted by atomic mass is 9.94. The van der Waals surface area contributed by atoms with Crippen LogP contribution in [0.4, 0.5) is 19.4 Å². The number of amides is 2. The average Bonchev–Trinajstić information content (AvgIpc) is 3.41. The standard InChI is InChI=1S/C26H31F2N5O3/c1-17-24(16-36-3)31-33(19-7-5-4-6-8-19)25(17)30-26(34)29-23-15-32(11-12-35-2)14-20(23)18-9-10-21(27)22(28)13-18/h4-10,13,20,23H,11-12,14-16H2,1-3H3,(H2,29,30,34). The van der Waals surface area contributed by atoms with Gasteiger partial charge in [-0.2, -0.15) is 5.10 Å². The summed E-state index contributed by atoms with van der Waals surface area (Å²) in [6.07, 6.45) is 0. The van der Waals surface area contributed by atoms with Gasteiger partial charge >= 0.3 is 6.03 Å². The summed E-state index contributed by atoms with van der Waals surface area (Å²) >= 11 is 0. The van der Waals surface area contributed by atoms with Crippen molar-refractivity contribution >= 4 is 11.8 Å². The molecule has 3 aromatic rings. The number of likely N-dealkylation sites (tertiary alicyclic amines) is 1. The topological polar surface area (TPSA) is 80.7 Å². The van der Waals surface area contributed by atoms with Crippen molar-refractivity contribution in [2.24, 2.45) is 0 Å². The fraction of sp³-hybridized carbons (Fsp3) is 0.385. The van der Waals surface area contributed by atoms with Crippen molar-refractivity contribution in [3.63, 3.8) is 0 Å². The van der Waals surface area contributed by atoms with E-state index < -0.39 is 17.7 Å². The Morgan fingerprint density at radius 3 is 2.56 bits per heavy atom. The van der Waals surface area contributed by atoms with Gasteiger partial charge in [0.05, 0.1) is 30.6 Å². The van der Waals surface area contributed by atoms with Crippen LogP contribution < -0.4 is 10.6 Å². The average molecular weight is 500 g/mol. The van der Waals surface area contributed by atoms with Gasteiger partial charge in [0.15, 0.2) is 11.6 Å². The molecular weight excluding hydrogens is 468 g/mol. The van der Waals surface area contributed by atoms with Crippen LogP contribution in [0.15, 0.2) is 48.5 Å². The summed E-state index contributed by atoms with van der Waals surface area (Å²) in [5, 5.41) is 10.6. The van der Waals surface area contributed by atoms with Gasteiger partial charge in [-0.3, -0.25) is 10.2 Å². The molecule has 36 heavy (non-hydrogen) atoms. The molecule has 0 radical (unpaired) electrons. The molecule has 0 saturated carbocycles. The number of hydrogen-bond donors (Lipinski definition) is 2. The Balaban J connectivity index is 1.56. The van der Waals surface area contributed by atoms with Gasteiger partial charge in [0, 0.05) is 45.3 Å². The number of rotatable bonds is 9. The van der Waals surface area contributed by atoms with E-state index in [0.717, 1.165) is 17.3 Å². The zero-order chi connectivity index (χ0) is 25.7. The van der Waals surface area contributed by atoms with Gasteiger partial charge in [0.2, 0.25) is 0 Å². The number of urea groups is 1. The zero-order valence-corrected chi connectivity index (χ0v) is 20.6. The fourth-order valence-electron chi connectivity index (χ4n) is 4.55. The van der Waals surface area contributed by atoms with E-state index in [1.54, 1.807) is 25.0 Å². The molecule has 2 unspecified atom stereocenters. The van der Waals surface area contributed by atoms with Gasteiger partial charge in [-0.05, 0) is 36.8 Å². The monoisotopic (exact) mass is 499 g/mol. The molecule has 1 aliphatic rings. The highest BCUT2D eigenvalue weighted by atomic mass is 19.2. The van der Waals surface area contributed by atoms with Crippen LogP contribution in [0.1, 0.15) is 22.7 Å². The molecule has 2 aromatic carbocycles. The second-order valence-corrected chi connectivity index (χ2v) is 8.84. The van der Waals surface area contributed by atoms with Crippen molar-refractivity contribution in [2.45, 2.75) is 25.5 Å². The second kappa shape index (κ2) is 11.6. The third-order valence-corrected chi connectivity index (χ3v) is 6.43. The first-order valence-electron chi connectivity index (χ1n) is 11.8. The molecule has 2 atom stereocenters. The minimum Gasteiger partial charge on any atom is -0.383 e. The lowest BCUT2D eigenvalue weighted by Crippen LogP contribution is -2.42. The summed E-state index contributed by atoms with van der Waals surface area (Å²) < 4.78 is 39.7. The number of ether oxygens (including phenoxy) is 2. The Bertz CT molecular complexity index is 1190. The molecule has 10 heteroatoms. The number of aromatic nitrogens is 2. The van der Waals surface area contributed by atoms with Crippen LogP contribution in [-0.4, -0.2) is 67.2 Å². The molecule has 2 N–H and O–H groups in total. The highest BCUT2D eigenvalue weighted by molar-refractivity contribution is 5.90. The van der Waals surface area contributed by atoms with Gasteiger partial charge in [0.25, 0.3) is 0 Å². The highest BCUT2D eigenvalue weighted by Crippen LogP contribution is 2.29. The number of para-hydroxylation sites is 1. The van der Waals surface area contributed by atoms with Crippen molar-refractivity contribution in [1.29, 1.82) is 0 Å². The SMILES string of the molecule is COCCN1CC(NC(=O)Nc2c(C)c(COC)nn2-c2ccccc2)C(c2ccc(F)c(F)c2)C1. The minimum absolute atomic E-state index is 0.216. The van der Waals surface area contributed by atoms with E-state index in [1.807, 2.05) is 37.3 Å². The summed E-state index contributed by atoms with van der Waals surface area (Å²) in [5.74, 6) is -1.48. The molecule has 1 aliphatic heterocycles. The first-order chi connectivity index (χ1) is 17.4. The molecule has 2 heterocycles. The van der Waals surface area contributed by atoms with E-state index >= 15 is 0 Å². The van der Waals surface area contributed by atoms with Gasteiger partial charge in [-0.1, -0.05) is 24.3 Å². The number of nitrogens with zero attached hydrogens (tertiary/aromatic N) is 3. The van der Waals surface area contributed by atoms with E-state index in [4.69, 9.17) is 9.47 Å². The Morgan fingerprint density at radius 1 is 1.08 bits per heavy atom. The minimum atomic E-state index is -0.904. The van der Waals surface area contributed by atoms with Crippen LogP contribution in [0, 0.1) is 18.6 Å². The van der Waals surface area contributed by atoms with Crippen LogP contribution in [-0.2, 0) is 16.1 Å². The molecule has 8 nitrogen and oxygen atoms in total. The van der Waals surface area contributed by atoms with Crippen molar-refractivity contribution in [1.82, 2.24) is 20.0 Å². The quantitative estimate of drug-likeness (QED) is 0.468. The van der Waals surface area contributed by atoms with Gasteiger partial charge < -0.3 is 14.8 Å². The first-order valence-corrected chi connectivity index (χ1v) is 11.8. The number of nitrogens with one attached hydrogen (secondary N) is 2. The van der Waals surface area contributed by atoms with Crippen LogP contribution >= 0.6 is 0 Å². The number of methoxy groups -OCH3 is 2. The maximum absolute atomic E-state index is 14.0. The van der Waals surface area contributed by atoms with E-state index in [-0.39, 0.29) is 12.0 Å². The Morgan fingerprint density at radius 2 is 1.86 bits per heavy atom. The third-order valence-electron chi connectivity index (χ3n) is 6.43. The number of halogens is 2. The van der Waals surface area contributed by atoms with E-state index in [9.17, 15) is 13.6 Å². The van der Waals surface area contributed by atoms with Gasteiger partial charge in [-0.15, -0.1) is 0 Å². The third kappa shape index (κ3) is 5.72. The number of benzene rings is 2. The Hall–Kier alpha value is -3.34. The van der Waals surface area contributed by atoms with Gasteiger partial charge in [-0.25, -0.2) is 18.3 Å². The largest absolute Gasteiger partial charge is 0.383 e. The number of anilines is 1. The highest BCUT2D eigenvalue weighted by Gasteiger charge is 2.35. The summed E-state index contributed by atoms with van der Waals surface area (Å²) in [5.41, 5.74) is 2.93. The maximum atomic E-state index is 14.0. The lowest BCUT2D eigenvalue weighted by Gasteiger charge is -2.21. The molecule has 1 aromatic heterocycles. The molecule has 0 aliphatic carbocycles. The molecule has 192 valence electrons. The number of carbonyl (C=O) groups excluding carboxylic acids is 1. The fourth-order valence-corrected chi connectivity index (χ4v) is 4.55.